The number of aliphatic hydroxyl groups excluding tert-OH is 1. The van der Waals surface area contributed by atoms with E-state index in [2.05, 4.69) is 35.8 Å². The van der Waals surface area contributed by atoms with Crippen molar-refractivity contribution in [3.8, 4) is 0 Å². The van der Waals surface area contributed by atoms with Crippen LogP contribution in [0.5, 0.6) is 0 Å². The maximum Gasteiger partial charge on any atom is 0.333 e. The van der Waals surface area contributed by atoms with Crippen molar-refractivity contribution < 1.29 is 22.5 Å². The van der Waals surface area contributed by atoms with Gasteiger partial charge in [-0.3, -0.25) is 13.9 Å². The van der Waals surface area contributed by atoms with Crippen LogP contribution in [0.1, 0.15) is 44.1 Å². The van der Waals surface area contributed by atoms with E-state index in [9.17, 15) is 18.3 Å². The molecule has 0 radical (unpaired) electrons. The minimum absolute atomic E-state index is 0.166. The Morgan fingerprint density at radius 1 is 1.33 bits per heavy atom. The van der Waals surface area contributed by atoms with Gasteiger partial charge in [-0.25, -0.2) is 15.1 Å². The molecule has 0 spiro atoms. The summed E-state index contributed by atoms with van der Waals surface area (Å²) in [6, 6.07) is 3.92. The Morgan fingerprint density at radius 3 is 3.03 bits per heavy atom. The van der Waals surface area contributed by atoms with Crippen LogP contribution in [0.2, 0.25) is 0 Å². The molecular formula is C23H27N5O5S3. The summed E-state index contributed by atoms with van der Waals surface area (Å²) in [6.07, 6.45) is 3.96. The van der Waals surface area contributed by atoms with Crippen LogP contribution in [0.25, 0.3) is 0 Å². The zero-order valence-electron chi connectivity index (χ0n) is 19.4. The molecule has 1 aliphatic carbocycles. The molecule has 3 aromatic rings. The predicted octanol–water partition coefficient (Wildman–Crippen LogP) is 2.16. The van der Waals surface area contributed by atoms with Crippen molar-refractivity contribution in [2.75, 3.05) is 18.5 Å². The predicted molar refractivity (Wildman–Crippen MR) is 137 cm³/mol. The van der Waals surface area contributed by atoms with Gasteiger partial charge in [-0.15, -0.1) is 22.7 Å². The molecular weight excluding hydrogens is 522 g/mol. The van der Waals surface area contributed by atoms with E-state index in [1.807, 2.05) is 22.8 Å². The number of ketones is 1. The Balaban J connectivity index is 1.23. The quantitative estimate of drug-likeness (QED) is 0.342. The van der Waals surface area contributed by atoms with Crippen LogP contribution < -0.4 is 10.5 Å². The highest BCUT2D eigenvalue weighted by Gasteiger charge is 2.35. The van der Waals surface area contributed by atoms with E-state index >= 15 is 0 Å². The summed E-state index contributed by atoms with van der Waals surface area (Å²) in [4.78, 5) is 26.1. The van der Waals surface area contributed by atoms with Gasteiger partial charge in [0.1, 0.15) is 12.1 Å². The molecule has 3 aromatic heterocycles. The lowest BCUT2D eigenvalue weighted by atomic mass is 10.1. The second-order valence-corrected chi connectivity index (χ2v) is 12.3. The maximum atomic E-state index is 13.3. The second kappa shape index (κ2) is 10.6. The van der Waals surface area contributed by atoms with Crippen molar-refractivity contribution in [1.29, 1.82) is 0 Å². The number of nitrogens with one attached hydrogen (secondary N) is 1. The minimum Gasteiger partial charge on any atom is -0.393 e. The Labute approximate surface area is 217 Å². The first-order valence-corrected chi connectivity index (χ1v) is 14.8. The van der Waals surface area contributed by atoms with Gasteiger partial charge in [-0.05, 0) is 53.3 Å². The third kappa shape index (κ3) is 5.99. The molecule has 192 valence electrons. The van der Waals surface area contributed by atoms with Gasteiger partial charge < -0.3 is 10.4 Å². The molecule has 0 amide bonds. The first-order chi connectivity index (χ1) is 17.2. The SMILES string of the molecule is NS(=O)(=O)OC[C@H]1C[C@@H](Nc2ncncc2C(=O)c2cc(CN3CCc4sccc4C3)cs2)C[C@@H]1O. The molecule has 1 fully saturated rings. The molecule has 4 N–H and O–H groups in total. The third-order valence-corrected chi connectivity index (χ3v) is 9.04. The molecule has 10 nitrogen and oxygen atoms in total. The number of thiophene rings is 2. The summed E-state index contributed by atoms with van der Waals surface area (Å²) in [5, 5.41) is 22.6. The van der Waals surface area contributed by atoms with Crippen LogP contribution in [0, 0.1) is 5.92 Å². The number of hydrogen-bond acceptors (Lipinski definition) is 11. The summed E-state index contributed by atoms with van der Waals surface area (Å²) in [7, 11) is -4.08. The number of hydrogen-bond donors (Lipinski definition) is 3. The summed E-state index contributed by atoms with van der Waals surface area (Å²) < 4.78 is 26.8. The molecule has 5 rings (SSSR count). The topological polar surface area (TPSA) is 148 Å². The number of anilines is 1. The molecule has 0 aromatic carbocycles. The van der Waals surface area contributed by atoms with Gasteiger partial charge in [0, 0.05) is 42.7 Å². The van der Waals surface area contributed by atoms with Gasteiger partial charge in [0.05, 0.1) is 23.2 Å². The Morgan fingerprint density at radius 2 is 2.19 bits per heavy atom. The number of nitrogens with zero attached hydrogens (tertiary/aromatic N) is 3. The first-order valence-electron chi connectivity index (χ1n) is 11.6. The summed E-state index contributed by atoms with van der Waals surface area (Å²) in [6.45, 7) is 2.52. The number of fused-ring (bicyclic) bond motifs is 1. The number of nitrogens with two attached hydrogens (primary N) is 1. The van der Waals surface area contributed by atoms with Crippen LogP contribution in [0.3, 0.4) is 0 Å². The monoisotopic (exact) mass is 549 g/mol. The van der Waals surface area contributed by atoms with Gasteiger partial charge >= 0.3 is 10.3 Å². The normalized spacial score (nSPS) is 22.4. The molecule has 0 saturated heterocycles. The van der Waals surface area contributed by atoms with Crippen LogP contribution in [-0.4, -0.2) is 59.5 Å². The number of aliphatic hydroxyl groups is 1. The van der Waals surface area contributed by atoms with Crippen LogP contribution in [0.15, 0.2) is 35.4 Å². The van der Waals surface area contributed by atoms with E-state index in [1.54, 1.807) is 0 Å². The van der Waals surface area contributed by atoms with Crippen LogP contribution in [-0.2, 0) is 34.0 Å². The van der Waals surface area contributed by atoms with Crippen LogP contribution >= 0.6 is 22.7 Å². The van der Waals surface area contributed by atoms with Crippen molar-refractivity contribution in [3.05, 3.63) is 61.9 Å². The highest BCUT2D eigenvalue weighted by atomic mass is 32.2. The van der Waals surface area contributed by atoms with Gasteiger partial charge in [0.2, 0.25) is 5.78 Å². The number of rotatable bonds is 9. The number of carbonyl (C=O) groups is 1. The maximum absolute atomic E-state index is 13.3. The van der Waals surface area contributed by atoms with Gasteiger partial charge in [0.15, 0.2) is 0 Å². The van der Waals surface area contributed by atoms with E-state index in [1.165, 1.54) is 34.3 Å². The zero-order chi connectivity index (χ0) is 25.3. The lowest BCUT2D eigenvalue weighted by Crippen LogP contribution is -2.28. The first kappa shape index (κ1) is 25.4. The van der Waals surface area contributed by atoms with E-state index in [-0.39, 0.29) is 18.4 Å². The average Bonchev–Trinajstić information content (AvgIpc) is 3.57. The molecule has 0 bridgehead atoms. The molecule has 1 aliphatic heterocycles. The highest BCUT2D eigenvalue weighted by molar-refractivity contribution is 7.84. The third-order valence-electron chi connectivity index (χ3n) is 6.57. The Kier molecular flexibility index (Phi) is 7.49. The molecule has 1 saturated carbocycles. The molecule has 2 aliphatic rings. The lowest BCUT2D eigenvalue weighted by Gasteiger charge is -2.26. The molecule has 3 atom stereocenters. The molecule has 0 unspecified atom stereocenters. The van der Waals surface area contributed by atoms with Crippen molar-refractivity contribution in [1.82, 2.24) is 14.9 Å². The standard InChI is InChI=1S/C23H27N5O5S3/c24-36(31,32)33-11-16-6-17(7-19(16)29)27-23-18(8-25-13-26-23)22(30)21-5-14(12-35-21)9-28-3-1-20-15(10-28)2-4-34-20/h2,4-5,8,12-13,16-17,19,29H,1,3,6-7,9-11H2,(H2,24,31,32)(H,25,26,27)/t16-,17-,19+/m1/s1. The van der Waals surface area contributed by atoms with E-state index < -0.39 is 22.3 Å². The number of carbonyl (C=O) groups excluding carboxylic acids is 1. The van der Waals surface area contributed by atoms with Gasteiger partial charge in [-0.2, -0.15) is 8.42 Å². The Bertz CT molecular complexity index is 1340. The summed E-state index contributed by atoms with van der Waals surface area (Å²) in [5.74, 6) is -0.182. The molecule has 36 heavy (non-hydrogen) atoms. The average molecular weight is 550 g/mol. The smallest absolute Gasteiger partial charge is 0.333 e. The minimum atomic E-state index is -4.08. The molecule has 4 heterocycles. The lowest BCUT2D eigenvalue weighted by molar-refractivity contribution is 0.101. The van der Waals surface area contributed by atoms with Crippen molar-refractivity contribution in [2.24, 2.45) is 11.1 Å². The van der Waals surface area contributed by atoms with Gasteiger partial charge in [-0.1, -0.05) is 0 Å². The highest BCUT2D eigenvalue weighted by Crippen LogP contribution is 2.31. The second-order valence-electron chi connectivity index (χ2n) is 9.18. The Hall–Kier alpha value is -2.26. The van der Waals surface area contributed by atoms with Gasteiger partial charge in [0.25, 0.3) is 0 Å². The summed E-state index contributed by atoms with van der Waals surface area (Å²) in [5.41, 5.74) is 2.85. The fourth-order valence-electron chi connectivity index (χ4n) is 4.80. The fraction of sp³-hybridized carbons (Fsp3) is 0.435. The zero-order valence-corrected chi connectivity index (χ0v) is 21.8. The molecule has 13 heteroatoms. The fourth-order valence-corrected chi connectivity index (χ4v) is 6.91. The van der Waals surface area contributed by atoms with E-state index in [0.717, 1.165) is 31.6 Å². The van der Waals surface area contributed by atoms with E-state index in [0.29, 0.717) is 29.1 Å². The van der Waals surface area contributed by atoms with E-state index in [4.69, 9.17) is 5.14 Å². The van der Waals surface area contributed by atoms with Crippen molar-refractivity contribution >= 4 is 44.6 Å². The van der Waals surface area contributed by atoms with Crippen molar-refractivity contribution in [2.45, 2.75) is 44.5 Å². The summed E-state index contributed by atoms with van der Waals surface area (Å²) >= 11 is 3.23. The number of aromatic nitrogens is 2. The van der Waals surface area contributed by atoms with Crippen molar-refractivity contribution in [3.63, 3.8) is 0 Å². The largest absolute Gasteiger partial charge is 0.393 e. The van der Waals surface area contributed by atoms with Crippen LogP contribution in [0.4, 0.5) is 5.82 Å².